The molecule has 14 heavy (non-hydrogen) atoms. The quantitative estimate of drug-likeness (QED) is 0.487. The van der Waals surface area contributed by atoms with Crippen LogP contribution in [0, 0.1) is 12.3 Å². The molecule has 3 N–H and O–H groups in total. The number of halogens is 1. The molecule has 0 aliphatic rings. The van der Waals surface area contributed by atoms with Crippen LogP contribution >= 0.6 is 15.9 Å². The molecule has 1 rings (SSSR count). The van der Waals surface area contributed by atoms with E-state index in [2.05, 4.69) is 37.1 Å². The van der Waals surface area contributed by atoms with Crippen LogP contribution in [0.1, 0.15) is 12.8 Å². The highest BCUT2D eigenvalue weighted by Gasteiger charge is 1.98. The van der Waals surface area contributed by atoms with Gasteiger partial charge in [0.1, 0.15) is 10.4 Å². The van der Waals surface area contributed by atoms with Gasteiger partial charge in [-0.05, 0) is 22.4 Å². The number of hydrogen-bond acceptors (Lipinski definition) is 4. The minimum atomic E-state index is 0.436. The summed E-state index contributed by atoms with van der Waals surface area (Å²) >= 11 is 3.23. The minimum Gasteiger partial charge on any atom is -0.383 e. The number of rotatable bonds is 4. The van der Waals surface area contributed by atoms with Crippen molar-refractivity contribution >= 4 is 27.7 Å². The first-order valence-corrected chi connectivity index (χ1v) is 4.99. The van der Waals surface area contributed by atoms with Gasteiger partial charge in [0.2, 0.25) is 5.95 Å². The molecule has 1 aromatic rings. The van der Waals surface area contributed by atoms with E-state index in [9.17, 15) is 0 Å². The number of aromatic nitrogens is 2. The van der Waals surface area contributed by atoms with Crippen LogP contribution in [-0.4, -0.2) is 16.5 Å². The van der Waals surface area contributed by atoms with Crippen LogP contribution in [0.2, 0.25) is 0 Å². The Labute approximate surface area is 91.5 Å². The normalized spacial score (nSPS) is 9.43. The first-order chi connectivity index (χ1) is 6.72. The molecule has 0 aliphatic heterocycles. The maximum atomic E-state index is 5.54. The van der Waals surface area contributed by atoms with Gasteiger partial charge in [0.05, 0.1) is 0 Å². The highest BCUT2D eigenvalue weighted by molar-refractivity contribution is 9.10. The van der Waals surface area contributed by atoms with Crippen LogP contribution in [-0.2, 0) is 0 Å². The Morgan fingerprint density at radius 2 is 2.36 bits per heavy atom. The lowest BCUT2D eigenvalue weighted by atomic mass is 10.3. The molecule has 0 fully saturated rings. The van der Waals surface area contributed by atoms with Gasteiger partial charge in [-0.2, -0.15) is 4.98 Å². The third kappa shape index (κ3) is 3.62. The lowest BCUT2D eigenvalue weighted by Crippen LogP contribution is -2.06. The van der Waals surface area contributed by atoms with Crippen LogP contribution in [0.5, 0.6) is 0 Å². The molecule has 0 unspecified atom stereocenters. The number of anilines is 2. The minimum absolute atomic E-state index is 0.436. The first-order valence-electron chi connectivity index (χ1n) is 4.20. The summed E-state index contributed by atoms with van der Waals surface area (Å²) in [5.41, 5.74) is 5.54. The monoisotopic (exact) mass is 254 g/mol. The predicted molar refractivity (Wildman–Crippen MR) is 60.7 cm³/mol. The van der Waals surface area contributed by atoms with E-state index >= 15 is 0 Å². The summed E-state index contributed by atoms with van der Waals surface area (Å²) in [5.74, 6) is 3.52. The molecule has 1 aromatic heterocycles. The smallest absolute Gasteiger partial charge is 0.225 e. The molecule has 0 aliphatic carbocycles. The fourth-order valence-electron chi connectivity index (χ4n) is 0.905. The molecule has 0 radical (unpaired) electrons. The Balaban J connectivity index is 2.47. The van der Waals surface area contributed by atoms with E-state index in [0.29, 0.717) is 16.4 Å². The highest BCUT2D eigenvalue weighted by atomic mass is 79.9. The molecular weight excluding hydrogens is 244 g/mol. The average Bonchev–Trinajstić information content (AvgIpc) is 2.11. The van der Waals surface area contributed by atoms with Gasteiger partial charge in [-0.25, -0.2) is 4.98 Å². The predicted octanol–water partition coefficient (Wildman–Crippen LogP) is 1.65. The molecule has 0 bridgehead atoms. The largest absolute Gasteiger partial charge is 0.383 e. The highest BCUT2D eigenvalue weighted by Crippen LogP contribution is 2.12. The Bertz CT molecular complexity index is 325. The van der Waals surface area contributed by atoms with Crippen molar-refractivity contribution in [3.63, 3.8) is 0 Å². The summed E-state index contributed by atoms with van der Waals surface area (Å²) in [7, 11) is 0. The van der Waals surface area contributed by atoms with Crippen LogP contribution < -0.4 is 11.1 Å². The van der Waals surface area contributed by atoms with Crippen LogP contribution in [0.4, 0.5) is 11.8 Å². The zero-order valence-corrected chi connectivity index (χ0v) is 9.21. The van der Waals surface area contributed by atoms with Crippen molar-refractivity contribution in [2.45, 2.75) is 12.8 Å². The zero-order chi connectivity index (χ0) is 10.4. The second-order valence-corrected chi connectivity index (χ2v) is 3.49. The average molecular weight is 255 g/mol. The number of nitrogens with zero attached hydrogens (tertiary/aromatic N) is 2. The topological polar surface area (TPSA) is 63.8 Å². The molecule has 0 saturated carbocycles. The van der Waals surface area contributed by atoms with E-state index in [1.165, 1.54) is 0 Å². The molecular formula is C9H11BrN4. The third-order valence-corrected chi connectivity index (χ3v) is 1.90. The van der Waals surface area contributed by atoms with Crippen LogP contribution in [0.15, 0.2) is 10.7 Å². The van der Waals surface area contributed by atoms with E-state index < -0.39 is 0 Å². The number of hydrogen-bond donors (Lipinski definition) is 2. The summed E-state index contributed by atoms with van der Waals surface area (Å²) in [4.78, 5) is 8.10. The van der Waals surface area contributed by atoms with Crippen LogP contribution in [0.3, 0.4) is 0 Å². The number of unbranched alkanes of at least 4 members (excludes halogenated alkanes) is 1. The van der Waals surface area contributed by atoms with E-state index in [-0.39, 0.29) is 0 Å². The summed E-state index contributed by atoms with van der Waals surface area (Å²) in [6.45, 7) is 0.750. The Kier molecular flexibility index (Phi) is 4.20. The number of nitrogens with one attached hydrogen (secondary N) is 1. The van der Waals surface area contributed by atoms with E-state index in [4.69, 9.17) is 12.2 Å². The summed E-state index contributed by atoms with van der Waals surface area (Å²) in [6, 6.07) is 1.65. The molecule has 0 atom stereocenters. The van der Waals surface area contributed by atoms with Crippen molar-refractivity contribution in [2.24, 2.45) is 0 Å². The number of terminal acetylenes is 1. The maximum Gasteiger partial charge on any atom is 0.225 e. The Morgan fingerprint density at radius 3 is 3.00 bits per heavy atom. The molecule has 0 saturated heterocycles. The molecule has 0 amide bonds. The standard InChI is InChI=1S/C9H11BrN4/c1-2-3-4-5-12-9-13-7(10)6-8(11)14-9/h1,6H,3-5H2,(H3,11,12,13,14). The molecule has 1 heterocycles. The van der Waals surface area contributed by atoms with Crippen molar-refractivity contribution in [2.75, 3.05) is 17.6 Å². The van der Waals surface area contributed by atoms with Gasteiger partial charge in [-0.15, -0.1) is 12.3 Å². The summed E-state index contributed by atoms with van der Waals surface area (Å²) in [6.07, 6.45) is 6.76. The number of nitrogens with two attached hydrogens (primary N) is 1. The molecule has 74 valence electrons. The van der Waals surface area contributed by atoms with Crippen molar-refractivity contribution < 1.29 is 0 Å². The van der Waals surface area contributed by atoms with E-state index in [1.807, 2.05) is 0 Å². The molecule has 0 aromatic carbocycles. The number of nitrogen functional groups attached to an aromatic ring is 1. The van der Waals surface area contributed by atoms with E-state index in [1.54, 1.807) is 6.07 Å². The lowest BCUT2D eigenvalue weighted by Gasteiger charge is -2.04. The van der Waals surface area contributed by atoms with Gasteiger partial charge in [-0.1, -0.05) is 0 Å². The molecule has 4 nitrogen and oxygen atoms in total. The third-order valence-electron chi connectivity index (χ3n) is 1.50. The summed E-state index contributed by atoms with van der Waals surface area (Å²) in [5, 5.41) is 3.03. The fourth-order valence-corrected chi connectivity index (χ4v) is 1.31. The van der Waals surface area contributed by atoms with Crippen molar-refractivity contribution in [1.82, 2.24) is 9.97 Å². The van der Waals surface area contributed by atoms with Gasteiger partial charge in [0.15, 0.2) is 0 Å². The Hall–Kier alpha value is -1.28. The Morgan fingerprint density at radius 1 is 1.57 bits per heavy atom. The zero-order valence-electron chi connectivity index (χ0n) is 7.63. The van der Waals surface area contributed by atoms with Gasteiger partial charge >= 0.3 is 0 Å². The second-order valence-electron chi connectivity index (χ2n) is 2.67. The fraction of sp³-hybridized carbons (Fsp3) is 0.333. The maximum absolute atomic E-state index is 5.54. The van der Waals surface area contributed by atoms with Crippen molar-refractivity contribution in [3.8, 4) is 12.3 Å². The lowest BCUT2D eigenvalue weighted by molar-refractivity contribution is 0.891. The van der Waals surface area contributed by atoms with Crippen molar-refractivity contribution in [1.29, 1.82) is 0 Å². The summed E-state index contributed by atoms with van der Waals surface area (Å²) < 4.78 is 0.671. The molecule has 5 heteroatoms. The van der Waals surface area contributed by atoms with Gasteiger partial charge < -0.3 is 11.1 Å². The van der Waals surface area contributed by atoms with Gasteiger partial charge in [0, 0.05) is 19.0 Å². The van der Waals surface area contributed by atoms with Gasteiger partial charge in [0.25, 0.3) is 0 Å². The van der Waals surface area contributed by atoms with E-state index in [0.717, 1.165) is 19.4 Å². The first kappa shape index (κ1) is 10.8. The van der Waals surface area contributed by atoms with Gasteiger partial charge in [-0.3, -0.25) is 0 Å². The van der Waals surface area contributed by atoms with Crippen molar-refractivity contribution in [3.05, 3.63) is 10.7 Å². The molecule has 0 spiro atoms. The SMILES string of the molecule is C#CCCCNc1nc(N)cc(Br)n1. The van der Waals surface area contributed by atoms with Crippen LogP contribution in [0.25, 0.3) is 0 Å². The second kappa shape index (κ2) is 5.45.